The molecule has 0 radical (unpaired) electrons. The van der Waals surface area contributed by atoms with Crippen LogP contribution in [0.5, 0.6) is 0 Å². The summed E-state index contributed by atoms with van der Waals surface area (Å²) in [5, 5.41) is 2.78. The molecule has 2 aliphatic heterocycles. The van der Waals surface area contributed by atoms with E-state index in [0.29, 0.717) is 22.0 Å². The van der Waals surface area contributed by atoms with Gasteiger partial charge in [0.25, 0.3) is 11.8 Å². The van der Waals surface area contributed by atoms with Crippen molar-refractivity contribution in [2.24, 2.45) is 0 Å². The van der Waals surface area contributed by atoms with Gasteiger partial charge in [-0.1, -0.05) is 6.07 Å². The highest BCUT2D eigenvalue weighted by Gasteiger charge is 2.28. The zero-order valence-electron chi connectivity index (χ0n) is 15.7. The Morgan fingerprint density at radius 2 is 1.79 bits per heavy atom. The molecule has 0 aliphatic carbocycles. The summed E-state index contributed by atoms with van der Waals surface area (Å²) in [5.74, 6) is -0.106. The topological polar surface area (TPSA) is 65.8 Å². The third-order valence-electron chi connectivity index (χ3n) is 5.57. The summed E-state index contributed by atoms with van der Waals surface area (Å²) in [4.78, 5) is 29.7. The predicted octanol–water partition coefficient (Wildman–Crippen LogP) is 3.99. The molecule has 0 saturated carbocycles. The Bertz CT molecular complexity index is 852. The van der Waals surface area contributed by atoms with E-state index in [2.05, 4.69) is 26.1 Å². The lowest BCUT2D eigenvalue weighted by Gasteiger charge is -2.36. The van der Waals surface area contributed by atoms with Gasteiger partial charge in [0.2, 0.25) is 0 Å². The van der Waals surface area contributed by atoms with Gasteiger partial charge in [-0.3, -0.25) is 9.59 Å². The van der Waals surface area contributed by atoms with Crippen molar-refractivity contribution in [3.05, 3.63) is 52.4 Å². The van der Waals surface area contributed by atoms with Crippen LogP contribution in [0.1, 0.15) is 46.6 Å². The minimum Gasteiger partial charge on any atom is -0.444 e. The summed E-state index contributed by atoms with van der Waals surface area (Å²) in [6, 6.07) is 11.0. The predicted molar refractivity (Wildman–Crippen MR) is 111 cm³/mol. The second kappa shape index (κ2) is 8.49. The highest BCUT2D eigenvalue weighted by molar-refractivity contribution is 9.10. The SMILES string of the molecule is O=C(Nc1cccc(C(=O)N2CCC(N3CCCC3)CC2)c1)c1ccc(Br)o1. The van der Waals surface area contributed by atoms with E-state index in [1.807, 2.05) is 4.90 Å². The average Bonchev–Trinajstić information content (AvgIpc) is 3.40. The van der Waals surface area contributed by atoms with Crippen molar-refractivity contribution >= 4 is 33.4 Å². The maximum absolute atomic E-state index is 12.9. The van der Waals surface area contributed by atoms with Gasteiger partial charge < -0.3 is 19.5 Å². The van der Waals surface area contributed by atoms with Crippen molar-refractivity contribution in [3.63, 3.8) is 0 Å². The number of nitrogens with one attached hydrogen (secondary N) is 1. The Labute approximate surface area is 173 Å². The van der Waals surface area contributed by atoms with Gasteiger partial charge in [-0.2, -0.15) is 0 Å². The molecule has 2 amide bonds. The van der Waals surface area contributed by atoms with E-state index in [9.17, 15) is 9.59 Å². The molecule has 1 aromatic carbocycles. The molecule has 6 nitrogen and oxygen atoms in total. The first-order valence-electron chi connectivity index (χ1n) is 9.80. The van der Waals surface area contributed by atoms with Crippen molar-refractivity contribution in [1.82, 2.24) is 9.80 Å². The van der Waals surface area contributed by atoms with Gasteiger partial charge >= 0.3 is 0 Å². The molecule has 3 heterocycles. The number of hydrogen-bond donors (Lipinski definition) is 1. The van der Waals surface area contributed by atoms with Gasteiger partial charge in [0.1, 0.15) is 0 Å². The number of carbonyl (C=O) groups excluding carboxylic acids is 2. The first-order chi connectivity index (χ1) is 13.6. The molecule has 0 spiro atoms. The second-order valence-corrected chi connectivity index (χ2v) is 8.19. The normalized spacial score (nSPS) is 18.4. The maximum atomic E-state index is 12.9. The summed E-state index contributed by atoms with van der Waals surface area (Å²) in [6.07, 6.45) is 4.67. The second-order valence-electron chi connectivity index (χ2n) is 7.41. The summed E-state index contributed by atoms with van der Waals surface area (Å²) in [6.45, 7) is 3.98. The first-order valence-corrected chi connectivity index (χ1v) is 10.6. The molecule has 4 rings (SSSR count). The zero-order chi connectivity index (χ0) is 19.5. The molecule has 0 bridgehead atoms. The summed E-state index contributed by atoms with van der Waals surface area (Å²) in [7, 11) is 0. The molecule has 7 heteroatoms. The summed E-state index contributed by atoms with van der Waals surface area (Å²) >= 11 is 3.19. The third-order valence-corrected chi connectivity index (χ3v) is 6.00. The van der Waals surface area contributed by atoms with Crippen molar-refractivity contribution in [1.29, 1.82) is 0 Å². The monoisotopic (exact) mass is 445 g/mol. The van der Waals surface area contributed by atoms with Crippen LogP contribution in [0.25, 0.3) is 0 Å². The number of halogens is 1. The lowest BCUT2D eigenvalue weighted by Crippen LogP contribution is -2.45. The molecule has 28 heavy (non-hydrogen) atoms. The van der Waals surface area contributed by atoms with Crippen LogP contribution in [-0.4, -0.2) is 53.8 Å². The molecule has 1 N–H and O–H groups in total. The highest BCUT2D eigenvalue weighted by Crippen LogP contribution is 2.23. The fourth-order valence-electron chi connectivity index (χ4n) is 4.08. The maximum Gasteiger partial charge on any atom is 0.291 e. The van der Waals surface area contributed by atoms with Gasteiger partial charge in [0.05, 0.1) is 0 Å². The quantitative estimate of drug-likeness (QED) is 0.772. The average molecular weight is 446 g/mol. The van der Waals surface area contributed by atoms with Crippen molar-refractivity contribution in [2.75, 3.05) is 31.5 Å². The lowest BCUT2D eigenvalue weighted by atomic mass is 10.0. The van der Waals surface area contributed by atoms with Crippen LogP contribution >= 0.6 is 15.9 Å². The number of benzene rings is 1. The number of rotatable bonds is 4. The molecule has 2 saturated heterocycles. The van der Waals surface area contributed by atoms with Gasteiger partial charge in [-0.15, -0.1) is 0 Å². The smallest absolute Gasteiger partial charge is 0.291 e. The number of furan rings is 1. The highest BCUT2D eigenvalue weighted by atomic mass is 79.9. The molecule has 0 unspecified atom stereocenters. The van der Waals surface area contributed by atoms with Gasteiger partial charge in [0.15, 0.2) is 10.4 Å². The molecule has 2 aromatic rings. The van der Waals surface area contributed by atoms with E-state index in [1.165, 1.54) is 25.9 Å². The van der Waals surface area contributed by atoms with Crippen LogP contribution in [0.3, 0.4) is 0 Å². The van der Waals surface area contributed by atoms with Crippen LogP contribution < -0.4 is 5.32 Å². The Balaban J connectivity index is 1.37. The number of anilines is 1. The Morgan fingerprint density at radius 3 is 2.46 bits per heavy atom. The van der Waals surface area contributed by atoms with Crippen LogP contribution in [0.2, 0.25) is 0 Å². The molecule has 2 aliphatic rings. The molecule has 1 aromatic heterocycles. The van der Waals surface area contributed by atoms with Crippen molar-refractivity contribution in [3.8, 4) is 0 Å². The number of amides is 2. The van der Waals surface area contributed by atoms with Crippen LogP contribution in [0.15, 0.2) is 45.5 Å². The Morgan fingerprint density at radius 1 is 1.04 bits per heavy atom. The number of likely N-dealkylation sites (tertiary alicyclic amines) is 2. The van der Waals surface area contributed by atoms with Gasteiger partial charge in [-0.25, -0.2) is 0 Å². The third kappa shape index (κ3) is 4.31. The molecule has 148 valence electrons. The van der Waals surface area contributed by atoms with E-state index in [0.717, 1.165) is 25.9 Å². The van der Waals surface area contributed by atoms with E-state index in [-0.39, 0.29) is 17.6 Å². The number of hydrogen-bond acceptors (Lipinski definition) is 4. The van der Waals surface area contributed by atoms with E-state index >= 15 is 0 Å². The molecular weight excluding hydrogens is 422 g/mol. The molecule has 2 fully saturated rings. The number of piperidine rings is 1. The zero-order valence-corrected chi connectivity index (χ0v) is 17.3. The minimum atomic E-state index is -0.346. The number of nitrogens with zero attached hydrogens (tertiary/aromatic N) is 2. The number of carbonyl (C=O) groups is 2. The van der Waals surface area contributed by atoms with E-state index < -0.39 is 0 Å². The largest absolute Gasteiger partial charge is 0.444 e. The van der Waals surface area contributed by atoms with Crippen molar-refractivity contribution in [2.45, 2.75) is 31.7 Å². The van der Waals surface area contributed by atoms with Crippen molar-refractivity contribution < 1.29 is 14.0 Å². The first kappa shape index (κ1) is 19.2. The van der Waals surface area contributed by atoms with Crippen LogP contribution in [0.4, 0.5) is 5.69 Å². The fourth-order valence-corrected chi connectivity index (χ4v) is 4.39. The standard InChI is InChI=1S/C21H24BrN3O3/c22-19-7-6-18(28-19)20(26)23-16-5-3-4-15(14-16)21(27)25-12-8-17(9-13-25)24-10-1-2-11-24/h3-7,14,17H,1-2,8-13H2,(H,23,26). The minimum absolute atomic E-state index is 0.0247. The van der Waals surface area contributed by atoms with Gasteiger partial charge in [-0.05, 0) is 85.0 Å². The fraction of sp³-hybridized carbons (Fsp3) is 0.429. The Kier molecular flexibility index (Phi) is 5.82. The van der Waals surface area contributed by atoms with E-state index in [4.69, 9.17) is 4.42 Å². The molecular formula is C21H24BrN3O3. The summed E-state index contributed by atoms with van der Waals surface area (Å²) in [5.41, 5.74) is 1.17. The van der Waals surface area contributed by atoms with Crippen LogP contribution in [-0.2, 0) is 0 Å². The molecule has 0 atom stereocenters. The Hall–Kier alpha value is -2.12. The lowest BCUT2D eigenvalue weighted by molar-refractivity contribution is 0.0644. The summed E-state index contributed by atoms with van der Waals surface area (Å²) < 4.78 is 5.77. The van der Waals surface area contributed by atoms with E-state index in [1.54, 1.807) is 36.4 Å². The van der Waals surface area contributed by atoms with Gasteiger partial charge in [0, 0.05) is 30.4 Å². The van der Waals surface area contributed by atoms with Crippen LogP contribution in [0, 0.1) is 0 Å².